The van der Waals surface area contributed by atoms with Crippen LogP contribution in [0, 0.1) is 5.82 Å². The van der Waals surface area contributed by atoms with Gasteiger partial charge in [-0.3, -0.25) is 14.5 Å². The number of aliphatic hydroxyl groups is 1. The van der Waals surface area contributed by atoms with Crippen LogP contribution in [0.15, 0.2) is 59.9 Å². The number of amides is 1. The number of sulfonamides is 1. The van der Waals surface area contributed by atoms with Crippen molar-refractivity contribution in [2.24, 2.45) is 0 Å². The predicted octanol–water partition coefficient (Wildman–Crippen LogP) is 4.36. The number of hydrogen-bond acceptors (Lipinski definition) is 9. The predicted molar refractivity (Wildman–Crippen MR) is 136 cm³/mol. The van der Waals surface area contributed by atoms with Crippen molar-refractivity contribution in [2.75, 3.05) is 17.9 Å². The van der Waals surface area contributed by atoms with Crippen molar-refractivity contribution in [3.63, 3.8) is 0 Å². The lowest BCUT2D eigenvalue weighted by Crippen LogP contribution is -2.27. The Morgan fingerprint density at radius 2 is 1.92 bits per heavy atom. The Hall–Kier alpha value is -3.36. The molecule has 0 aliphatic heterocycles. The minimum Gasteiger partial charge on any atom is -0.455 e. The molecule has 2 aromatic heterocycles. The highest BCUT2D eigenvalue weighted by Crippen LogP contribution is 2.39. The van der Waals surface area contributed by atoms with Crippen LogP contribution < -0.4 is 14.8 Å². The smallest absolute Gasteiger partial charge is 0.269 e. The average Bonchev–Trinajstić information content (AvgIpc) is 3.37. The van der Waals surface area contributed by atoms with E-state index >= 15 is 0 Å². The maximum Gasteiger partial charge on any atom is 0.269 e. The number of halogens is 3. The number of pyridine rings is 1. The molecule has 4 aromatic rings. The molecule has 0 radical (unpaired) electrons. The van der Waals surface area contributed by atoms with E-state index in [1.54, 1.807) is 12.1 Å². The number of nitrogens with zero attached hydrogens (tertiary/aromatic N) is 3. The number of benzene rings is 2. The Bertz CT molecular complexity index is 1560. The van der Waals surface area contributed by atoms with Gasteiger partial charge in [-0.05, 0) is 42.0 Å². The van der Waals surface area contributed by atoms with Gasteiger partial charge in [0.05, 0.1) is 11.6 Å². The molecule has 0 spiro atoms. The molecule has 15 heteroatoms. The summed E-state index contributed by atoms with van der Waals surface area (Å²) >= 11 is 13.2. The molecule has 10 nitrogen and oxygen atoms in total. The van der Waals surface area contributed by atoms with Crippen LogP contribution in [0.5, 0.6) is 11.5 Å². The van der Waals surface area contributed by atoms with Gasteiger partial charge >= 0.3 is 0 Å². The van der Waals surface area contributed by atoms with Gasteiger partial charge in [-0.25, -0.2) is 17.8 Å². The summed E-state index contributed by atoms with van der Waals surface area (Å²) in [7, 11) is -4.34. The minimum atomic E-state index is -4.34. The zero-order valence-electron chi connectivity index (χ0n) is 18.5. The quantitative estimate of drug-likeness (QED) is 0.263. The van der Waals surface area contributed by atoms with Crippen molar-refractivity contribution in [1.82, 2.24) is 19.7 Å². The maximum absolute atomic E-state index is 14.9. The molecule has 4 rings (SSSR count). The molecular formula is C22H16Cl2FN5O5S2. The first-order valence-corrected chi connectivity index (χ1v) is 13.3. The highest BCUT2D eigenvalue weighted by Gasteiger charge is 2.24. The molecule has 0 atom stereocenters. The first kappa shape index (κ1) is 26.7. The Balaban J connectivity index is 1.67. The van der Waals surface area contributed by atoms with Crippen molar-refractivity contribution in [2.45, 2.75) is 4.90 Å². The molecule has 37 heavy (non-hydrogen) atoms. The van der Waals surface area contributed by atoms with E-state index in [-0.39, 0.29) is 40.5 Å². The second kappa shape index (κ2) is 11.4. The first-order chi connectivity index (χ1) is 17.7. The van der Waals surface area contributed by atoms with Crippen LogP contribution in [0.1, 0.15) is 10.5 Å². The summed E-state index contributed by atoms with van der Waals surface area (Å²) in [5.41, 5.74) is 1.01. The molecule has 0 aliphatic rings. The standard InChI is InChI=1S/C22H16Cl2FN5O5S2/c23-13-1-2-18(14(8-13)12-3-4-26-17(7-12)21(32)27-5-6-31)35-19-10-16(25)20(9-15(19)24)37(33,34)30-22-28-11-29-36-22/h1-4,7-11,31H,5-6H2,(H,27,32)(H,28,29,30). The first-order valence-electron chi connectivity index (χ1n) is 10.3. The fraction of sp³-hybridized carbons (Fsp3) is 0.0909. The second-order valence-electron chi connectivity index (χ2n) is 7.22. The van der Waals surface area contributed by atoms with Crippen molar-refractivity contribution < 1.29 is 27.4 Å². The average molecular weight is 584 g/mol. The molecule has 2 aromatic carbocycles. The van der Waals surface area contributed by atoms with E-state index in [0.717, 1.165) is 30.0 Å². The molecule has 0 saturated heterocycles. The van der Waals surface area contributed by atoms with Crippen LogP contribution in [0.4, 0.5) is 9.52 Å². The summed E-state index contributed by atoms with van der Waals surface area (Å²) in [5.74, 6) is -1.57. The van der Waals surface area contributed by atoms with Gasteiger partial charge in [-0.15, -0.1) is 0 Å². The molecule has 0 bridgehead atoms. The highest BCUT2D eigenvalue weighted by atomic mass is 35.5. The lowest BCUT2D eigenvalue weighted by atomic mass is 10.0. The van der Waals surface area contributed by atoms with Crippen molar-refractivity contribution >= 4 is 55.8 Å². The van der Waals surface area contributed by atoms with Crippen molar-refractivity contribution in [1.29, 1.82) is 0 Å². The summed E-state index contributed by atoms with van der Waals surface area (Å²) in [6.45, 7) is -0.171. The molecule has 0 saturated carbocycles. The normalized spacial score (nSPS) is 11.2. The number of rotatable bonds is 9. The van der Waals surface area contributed by atoms with Gasteiger partial charge in [0.25, 0.3) is 15.9 Å². The van der Waals surface area contributed by atoms with Gasteiger partial charge in [0.1, 0.15) is 34.2 Å². The van der Waals surface area contributed by atoms with Crippen LogP contribution in [0.25, 0.3) is 11.1 Å². The summed E-state index contributed by atoms with van der Waals surface area (Å²) < 4.78 is 51.8. The number of aliphatic hydroxyl groups excluding tert-OH is 1. The molecular weight excluding hydrogens is 568 g/mol. The third-order valence-electron chi connectivity index (χ3n) is 4.72. The van der Waals surface area contributed by atoms with E-state index in [9.17, 15) is 17.6 Å². The van der Waals surface area contributed by atoms with Crippen LogP contribution in [0.2, 0.25) is 10.0 Å². The van der Waals surface area contributed by atoms with E-state index in [2.05, 4.69) is 24.4 Å². The van der Waals surface area contributed by atoms with Gasteiger partial charge in [-0.1, -0.05) is 23.2 Å². The zero-order chi connectivity index (χ0) is 26.6. The monoisotopic (exact) mass is 583 g/mol. The molecule has 3 N–H and O–H groups in total. The minimum absolute atomic E-state index is 0.0385. The SMILES string of the molecule is O=C(NCCO)c1cc(-c2cc(Cl)ccc2Oc2cc(F)c(S(=O)(=O)Nc3ncns3)cc2Cl)ccn1. The third-order valence-corrected chi connectivity index (χ3v) is 7.32. The van der Waals surface area contributed by atoms with Crippen molar-refractivity contribution in [3.8, 4) is 22.6 Å². The van der Waals surface area contributed by atoms with Gasteiger partial charge in [-0.2, -0.15) is 4.37 Å². The molecule has 0 unspecified atom stereocenters. The molecule has 1 amide bonds. The van der Waals surface area contributed by atoms with E-state index in [1.165, 1.54) is 24.4 Å². The summed E-state index contributed by atoms with van der Waals surface area (Å²) in [5, 5.41) is 11.6. The maximum atomic E-state index is 14.9. The van der Waals surface area contributed by atoms with Gasteiger partial charge in [0.15, 0.2) is 0 Å². The lowest BCUT2D eigenvalue weighted by Gasteiger charge is -2.15. The number of carbonyl (C=O) groups excluding carboxylic acids is 1. The summed E-state index contributed by atoms with van der Waals surface area (Å²) in [4.78, 5) is 19.3. The Morgan fingerprint density at radius 3 is 2.65 bits per heavy atom. The van der Waals surface area contributed by atoms with E-state index in [0.29, 0.717) is 16.1 Å². The Kier molecular flexibility index (Phi) is 8.19. The number of carbonyl (C=O) groups is 1. The number of anilines is 1. The van der Waals surface area contributed by atoms with Gasteiger partial charge < -0.3 is 15.2 Å². The number of aromatic nitrogens is 3. The van der Waals surface area contributed by atoms with Crippen LogP contribution in [-0.4, -0.2) is 46.9 Å². The third kappa shape index (κ3) is 6.32. The van der Waals surface area contributed by atoms with Gasteiger partial charge in [0.2, 0.25) is 5.13 Å². The molecule has 0 aliphatic carbocycles. The van der Waals surface area contributed by atoms with E-state index in [1.807, 2.05) is 0 Å². The van der Waals surface area contributed by atoms with Crippen LogP contribution in [-0.2, 0) is 10.0 Å². The number of ether oxygens (including phenoxy) is 1. The lowest BCUT2D eigenvalue weighted by molar-refractivity contribution is 0.0940. The largest absolute Gasteiger partial charge is 0.455 e. The molecule has 0 fully saturated rings. The molecule has 2 heterocycles. The van der Waals surface area contributed by atoms with Crippen molar-refractivity contribution in [3.05, 3.63) is 76.5 Å². The number of nitrogens with one attached hydrogen (secondary N) is 2. The fourth-order valence-electron chi connectivity index (χ4n) is 3.10. The Labute approximate surface area is 224 Å². The Morgan fingerprint density at radius 1 is 1.11 bits per heavy atom. The zero-order valence-corrected chi connectivity index (χ0v) is 21.6. The highest BCUT2D eigenvalue weighted by molar-refractivity contribution is 7.93. The fourth-order valence-corrected chi connectivity index (χ4v) is 5.29. The number of hydrogen-bond donors (Lipinski definition) is 3. The van der Waals surface area contributed by atoms with Gasteiger partial charge in [0, 0.05) is 40.9 Å². The van der Waals surface area contributed by atoms with E-state index < -0.39 is 26.6 Å². The van der Waals surface area contributed by atoms with Crippen LogP contribution >= 0.6 is 34.7 Å². The molecule has 192 valence electrons. The summed E-state index contributed by atoms with van der Waals surface area (Å²) in [6, 6.07) is 9.47. The van der Waals surface area contributed by atoms with Crippen LogP contribution in [0.3, 0.4) is 0 Å². The topological polar surface area (TPSA) is 143 Å². The second-order valence-corrected chi connectivity index (χ2v) is 10.5. The van der Waals surface area contributed by atoms with E-state index in [4.69, 9.17) is 33.0 Å². The summed E-state index contributed by atoms with van der Waals surface area (Å²) in [6.07, 6.45) is 2.56.